The van der Waals surface area contributed by atoms with Gasteiger partial charge in [0.2, 0.25) is 5.91 Å². The van der Waals surface area contributed by atoms with E-state index in [2.05, 4.69) is 28.2 Å². The van der Waals surface area contributed by atoms with E-state index in [0.717, 1.165) is 36.1 Å². The molecule has 0 saturated heterocycles. The average Bonchev–Trinajstić information content (AvgIpc) is 2.76. The predicted octanol–water partition coefficient (Wildman–Crippen LogP) is 2.74. The van der Waals surface area contributed by atoms with Gasteiger partial charge in [-0.05, 0) is 60.7 Å². The number of furan rings is 1. The molecule has 3 N–H and O–H groups in total. The SMILES string of the molecule is CC(NC1CCC(C(N)=O)CC1)c1ccc(Br)o1. The minimum absolute atomic E-state index is 0.0658. The third-order valence-electron chi connectivity index (χ3n) is 3.64. The van der Waals surface area contributed by atoms with E-state index >= 15 is 0 Å². The van der Waals surface area contributed by atoms with Gasteiger partial charge in [-0.1, -0.05) is 0 Å². The Hall–Kier alpha value is -0.810. The van der Waals surface area contributed by atoms with E-state index in [-0.39, 0.29) is 17.9 Å². The number of hydrogen-bond donors (Lipinski definition) is 2. The molecule has 0 spiro atoms. The molecule has 1 aliphatic rings. The fourth-order valence-electron chi connectivity index (χ4n) is 2.54. The first-order chi connectivity index (χ1) is 8.56. The summed E-state index contributed by atoms with van der Waals surface area (Å²) in [5, 5.41) is 3.54. The topological polar surface area (TPSA) is 68.3 Å². The Kier molecular flexibility index (Phi) is 4.45. The Morgan fingerprint density at radius 2 is 2.11 bits per heavy atom. The van der Waals surface area contributed by atoms with Crippen molar-refractivity contribution in [2.45, 2.75) is 44.7 Å². The van der Waals surface area contributed by atoms with Gasteiger partial charge < -0.3 is 15.5 Å². The number of amides is 1. The number of nitrogens with one attached hydrogen (secondary N) is 1. The average molecular weight is 315 g/mol. The van der Waals surface area contributed by atoms with Crippen molar-refractivity contribution in [3.8, 4) is 0 Å². The number of carbonyl (C=O) groups excluding carboxylic acids is 1. The molecule has 1 fully saturated rings. The lowest BCUT2D eigenvalue weighted by Crippen LogP contribution is -2.37. The van der Waals surface area contributed by atoms with Crippen LogP contribution in [0.25, 0.3) is 0 Å². The maximum absolute atomic E-state index is 11.1. The second-order valence-corrected chi connectivity index (χ2v) is 5.76. The Balaban J connectivity index is 1.83. The molecule has 100 valence electrons. The summed E-state index contributed by atoms with van der Waals surface area (Å²) in [7, 11) is 0. The molecule has 0 radical (unpaired) electrons. The second-order valence-electron chi connectivity index (χ2n) is 4.98. The maximum atomic E-state index is 11.1. The van der Waals surface area contributed by atoms with Crippen LogP contribution in [0.3, 0.4) is 0 Å². The summed E-state index contributed by atoms with van der Waals surface area (Å²) in [5.41, 5.74) is 5.33. The fourth-order valence-corrected chi connectivity index (χ4v) is 2.86. The van der Waals surface area contributed by atoms with Crippen LogP contribution in [0.1, 0.15) is 44.4 Å². The molecule has 0 aliphatic heterocycles. The summed E-state index contributed by atoms with van der Waals surface area (Å²) in [4.78, 5) is 11.1. The van der Waals surface area contributed by atoms with Gasteiger partial charge in [0.15, 0.2) is 4.67 Å². The van der Waals surface area contributed by atoms with Crippen molar-refractivity contribution in [1.29, 1.82) is 0 Å². The van der Waals surface area contributed by atoms with Gasteiger partial charge in [-0.3, -0.25) is 4.79 Å². The first-order valence-electron chi connectivity index (χ1n) is 6.37. The first-order valence-corrected chi connectivity index (χ1v) is 7.16. The third-order valence-corrected chi connectivity index (χ3v) is 4.06. The van der Waals surface area contributed by atoms with Gasteiger partial charge in [-0.15, -0.1) is 0 Å². The van der Waals surface area contributed by atoms with Crippen LogP contribution >= 0.6 is 15.9 Å². The Morgan fingerprint density at radius 3 is 2.61 bits per heavy atom. The van der Waals surface area contributed by atoms with Crippen molar-refractivity contribution in [1.82, 2.24) is 5.32 Å². The summed E-state index contributed by atoms with van der Waals surface area (Å²) in [6, 6.07) is 4.50. The fraction of sp³-hybridized carbons (Fsp3) is 0.615. The zero-order chi connectivity index (χ0) is 13.1. The highest BCUT2D eigenvalue weighted by Gasteiger charge is 2.25. The van der Waals surface area contributed by atoms with Crippen molar-refractivity contribution >= 4 is 21.8 Å². The summed E-state index contributed by atoms with van der Waals surface area (Å²) in [6.07, 6.45) is 3.78. The highest BCUT2D eigenvalue weighted by molar-refractivity contribution is 9.10. The van der Waals surface area contributed by atoms with Crippen molar-refractivity contribution in [2.75, 3.05) is 0 Å². The molecule has 1 atom stereocenters. The standard InChI is InChI=1S/C13H19BrN2O2/c1-8(11-6-7-12(14)18-11)16-10-4-2-9(3-5-10)13(15)17/h6-10,16H,2-5H2,1H3,(H2,15,17). The van der Waals surface area contributed by atoms with Crippen LogP contribution in [0.4, 0.5) is 0 Å². The number of nitrogens with two attached hydrogens (primary N) is 1. The Labute approximate surface area is 115 Å². The largest absolute Gasteiger partial charge is 0.453 e. The zero-order valence-corrected chi connectivity index (χ0v) is 12.1. The quantitative estimate of drug-likeness (QED) is 0.898. The third kappa shape index (κ3) is 3.36. The van der Waals surface area contributed by atoms with E-state index in [4.69, 9.17) is 10.2 Å². The van der Waals surface area contributed by atoms with E-state index in [9.17, 15) is 4.79 Å². The number of halogens is 1. The molecule has 1 unspecified atom stereocenters. The number of hydrogen-bond acceptors (Lipinski definition) is 3. The number of carbonyl (C=O) groups is 1. The van der Waals surface area contributed by atoms with Gasteiger partial charge in [0.1, 0.15) is 5.76 Å². The van der Waals surface area contributed by atoms with Crippen LogP contribution < -0.4 is 11.1 Å². The summed E-state index contributed by atoms with van der Waals surface area (Å²) < 4.78 is 6.28. The molecule has 2 rings (SSSR count). The zero-order valence-electron chi connectivity index (χ0n) is 10.5. The lowest BCUT2D eigenvalue weighted by molar-refractivity contribution is -0.122. The molecule has 0 aromatic carbocycles. The Bertz CT molecular complexity index is 411. The van der Waals surface area contributed by atoms with Crippen molar-refractivity contribution in [3.05, 3.63) is 22.6 Å². The highest BCUT2D eigenvalue weighted by atomic mass is 79.9. The van der Waals surface area contributed by atoms with Gasteiger partial charge in [-0.2, -0.15) is 0 Å². The molecular weight excluding hydrogens is 296 g/mol. The molecule has 1 aromatic rings. The number of rotatable bonds is 4. The molecule has 1 heterocycles. The monoisotopic (exact) mass is 314 g/mol. The van der Waals surface area contributed by atoms with E-state index in [1.807, 2.05) is 12.1 Å². The molecule has 5 heteroatoms. The van der Waals surface area contributed by atoms with Crippen LogP contribution in [-0.4, -0.2) is 11.9 Å². The van der Waals surface area contributed by atoms with Crippen LogP contribution in [-0.2, 0) is 4.79 Å². The lowest BCUT2D eigenvalue weighted by atomic mass is 9.85. The molecule has 0 bridgehead atoms. The lowest BCUT2D eigenvalue weighted by Gasteiger charge is -2.29. The van der Waals surface area contributed by atoms with Gasteiger partial charge in [0.25, 0.3) is 0 Å². The molecule has 1 amide bonds. The van der Waals surface area contributed by atoms with Gasteiger partial charge in [0, 0.05) is 12.0 Å². The molecule has 1 aliphatic carbocycles. The van der Waals surface area contributed by atoms with E-state index < -0.39 is 0 Å². The van der Waals surface area contributed by atoms with Crippen LogP contribution in [0, 0.1) is 5.92 Å². The predicted molar refractivity (Wildman–Crippen MR) is 72.9 cm³/mol. The van der Waals surface area contributed by atoms with Gasteiger partial charge in [-0.25, -0.2) is 0 Å². The molecule has 18 heavy (non-hydrogen) atoms. The normalized spacial score (nSPS) is 25.9. The summed E-state index contributed by atoms with van der Waals surface area (Å²) >= 11 is 3.30. The minimum Gasteiger partial charge on any atom is -0.453 e. The van der Waals surface area contributed by atoms with Crippen LogP contribution in [0.2, 0.25) is 0 Å². The maximum Gasteiger partial charge on any atom is 0.220 e. The Morgan fingerprint density at radius 1 is 1.44 bits per heavy atom. The summed E-state index contributed by atoms with van der Waals surface area (Å²) in [6.45, 7) is 2.09. The highest BCUT2D eigenvalue weighted by Crippen LogP contribution is 2.27. The summed E-state index contributed by atoms with van der Waals surface area (Å²) in [5.74, 6) is 0.839. The van der Waals surface area contributed by atoms with Crippen LogP contribution in [0.5, 0.6) is 0 Å². The minimum atomic E-state index is -0.156. The molecular formula is C13H19BrN2O2. The second kappa shape index (κ2) is 5.89. The van der Waals surface area contributed by atoms with Crippen molar-refractivity contribution in [2.24, 2.45) is 11.7 Å². The number of primary amides is 1. The smallest absolute Gasteiger partial charge is 0.220 e. The van der Waals surface area contributed by atoms with E-state index in [1.165, 1.54) is 0 Å². The molecule has 4 nitrogen and oxygen atoms in total. The van der Waals surface area contributed by atoms with E-state index in [1.54, 1.807) is 0 Å². The molecule has 1 aromatic heterocycles. The first kappa shape index (κ1) is 13.6. The molecule has 1 saturated carbocycles. The van der Waals surface area contributed by atoms with Crippen LogP contribution in [0.15, 0.2) is 21.2 Å². The van der Waals surface area contributed by atoms with Crippen molar-refractivity contribution in [3.63, 3.8) is 0 Å². The van der Waals surface area contributed by atoms with Crippen molar-refractivity contribution < 1.29 is 9.21 Å². The van der Waals surface area contributed by atoms with Gasteiger partial charge >= 0.3 is 0 Å². The van der Waals surface area contributed by atoms with E-state index in [0.29, 0.717) is 6.04 Å². The van der Waals surface area contributed by atoms with Gasteiger partial charge in [0.05, 0.1) is 6.04 Å².